The van der Waals surface area contributed by atoms with Gasteiger partial charge in [0.2, 0.25) is 0 Å². The largest absolute Gasteiger partial charge is 0.454 e. The van der Waals surface area contributed by atoms with Gasteiger partial charge < -0.3 is 4.74 Å². The van der Waals surface area contributed by atoms with Crippen LogP contribution in [0, 0.1) is 0 Å². The van der Waals surface area contributed by atoms with Gasteiger partial charge in [-0.05, 0) is 18.9 Å². The summed E-state index contributed by atoms with van der Waals surface area (Å²) in [4.78, 5) is 11.6. The molecule has 0 N–H and O–H groups in total. The van der Waals surface area contributed by atoms with Crippen LogP contribution in [-0.2, 0) is 4.74 Å². The normalized spacial score (nSPS) is 17.9. The molecule has 0 amide bonds. The van der Waals surface area contributed by atoms with Gasteiger partial charge in [0, 0.05) is 5.56 Å². The van der Waals surface area contributed by atoms with Crippen LogP contribution in [-0.4, -0.2) is 5.97 Å². The van der Waals surface area contributed by atoms with Gasteiger partial charge in [0.05, 0.1) is 5.56 Å². The van der Waals surface area contributed by atoms with E-state index in [0.29, 0.717) is 0 Å². The summed E-state index contributed by atoms with van der Waals surface area (Å²) >= 11 is 0. The molecule has 2 heteroatoms. The van der Waals surface area contributed by atoms with Gasteiger partial charge >= 0.3 is 5.97 Å². The van der Waals surface area contributed by atoms with E-state index >= 15 is 0 Å². The highest BCUT2D eigenvalue weighted by atomic mass is 16.5. The van der Waals surface area contributed by atoms with Crippen LogP contribution in [0.15, 0.2) is 24.3 Å². The summed E-state index contributed by atoms with van der Waals surface area (Å²) < 4.78 is 5.40. The van der Waals surface area contributed by atoms with Crippen LogP contribution in [0.1, 0.15) is 67.5 Å². The number of hydrogen-bond donors (Lipinski definition) is 0. The molecule has 1 heterocycles. The number of carbonyl (C=O) groups is 1. The zero-order valence-electron chi connectivity index (χ0n) is 10.4. The molecule has 0 spiro atoms. The number of rotatable bonds is 6. The van der Waals surface area contributed by atoms with Gasteiger partial charge in [-0.25, -0.2) is 4.79 Å². The highest BCUT2D eigenvalue weighted by Gasteiger charge is 2.29. The fourth-order valence-corrected chi connectivity index (χ4v) is 2.37. The topological polar surface area (TPSA) is 26.3 Å². The standard InChI is InChI=1S/C15H20O2/c1-2-3-4-5-6-11-14-12-9-7-8-10-13(12)15(16)17-14/h7-10,14H,2-6,11H2,1H3/t14-/m1/s1. The summed E-state index contributed by atoms with van der Waals surface area (Å²) in [5.41, 5.74) is 1.83. The third kappa shape index (κ3) is 2.87. The second-order valence-electron chi connectivity index (χ2n) is 4.68. The molecule has 1 aromatic carbocycles. The molecule has 0 radical (unpaired) electrons. The summed E-state index contributed by atoms with van der Waals surface area (Å²) in [6.45, 7) is 2.22. The maximum absolute atomic E-state index is 11.6. The van der Waals surface area contributed by atoms with Crippen LogP contribution in [0.4, 0.5) is 0 Å². The first-order valence-corrected chi connectivity index (χ1v) is 6.63. The Hall–Kier alpha value is -1.31. The van der Waals surface area contributed by atoms with Gasteiger partial charge in [-0.2, -0.15) is 0 Å². The summed E-state index contributed by atoms with van der Waals surface area (Å²) in [6.07, 6.45) is 7.21. The van der Waals surface area contributed by atoms with E-state index in [-0.39, 0.29) is 12.1 Å². The van der Waals surface area contributed by atoms with E-state index in [1.54, 1.807) is 0 Å². The molecule has 1 atom stereocenters. The lowest BCUT2D eigenvalue weighted by atomic mass is 10.0. The number of esters is 1. The minimum absolute atomic E-state index is 0.000302. The molecule has 92 valence electrons. The van der Waals surface area contributed by atoms with Gasteiger partial charge in [0.25, 0.3) is 0 Å². The minimum atomic E-state index is -0.154. The van der Waals surface area contributed by atoms with E-state index in [0.717, 1.165) is 24.0 Å². The van der Waals surface area contributed by atoms with Crippen molar-refractivity contribution in [2.75, 3.05) is 0 Å². The average Bonchev–Trinajstić information content (AvgIpc) is 2.67. The fourth-order valence-electron chi connectivity index (χ4n) is 2.37. The van der Waals surface area contributed by atoms with Gasteiger partial charge in [-0.15, -0.1) is 0 Å². The number of ether oxygens (including phenoxy) is 1. The van der Waals surface area contributed by atoms with Crippen LogP contribution in [0.25, 0.3) is 0 Å². The molecule has 0 aromatic heterocycles. The maximum atomic E-state index is 11.6. The van der Waals surface area contributed by atoms with Crippen LogP contribution in [0.5, 0.6) is 0 Å². The summed E-state index contributed by atoms with van der Waals surface area (Å²) in [7, 11) is 0. The van der Waals surface area contributed by atoms with E-state index in [1.165, 1.54) is 25.7 Å². The van der Waals surface area contributed by atoms with Crippen molar-refractivity contribution in [2.24, 2.45) is 0 Å². The first-order chi connectivity index (χ1) is 8.33. The SMILES string of the molecule is CCCCCCC[C@H]1OC(=O)c2ccccc21. The Morgan fingerprint density at radius 3 is 2.71 bits per heavy atom. The Kier molecular flexibility index (Phi) is 4.18. The van der Waals surface area contributed by atoms with Crippen LogP contribution < -0.4 is 0 Å². The van der Waals surface area contributed by atoms with Crippen molar-refractivity contribution in [1.29, 1.82) is 0 Å². The van der Waals surface area contributed by atoms with E-state index in [1.807, 2.05) is 24.3 Å². The summed E-state index contributed by atoms with van der Waals surface area (Å²) in [5.74, 6) is -0.154. The first kappa shape index (κ1) is 12.2. The third-order valence-corrected chi connectivity index (χ3v) is 3.35. The zero-order valence-corrected chi connectivity index (χ0v) is 10.4. The third-order valence-electron chi connectivity index (χ3n) is 3.35. The summed E-state index contributed by atoms with van der Waals surface area (Å²) in [5, 5.41) is 0. The molecule has 1 aromatic rings. The second kappa shape index (κ2) is 5.85. The van der Waals surface area contributed by atoms with Crippen molar-refractivity contribution in [3.63, 3.8) is 0 Å². The number of benzene rings is 1. The minimum Gasteiger partial charge on any atom is -0.454 e. The molecule has 1 aliphatic rings. The quantitative estimate of drug-likeness (QED) is 0.541. The lowest BCUT2D eigenvalue weighted by molar-refractivity contribution is 0.0363. The molecule has 0 saturated heterocycles. The average molecular weight is 232 g/mol. The molecule has 0 fully saturated rings. The Bertz CT molecular complexity index is 384. The molecule has 0 bridgehead atoms. The lowest BCUT2D eigenvalue weighted by Gasteiger charge is -2.10. The smallest absolute Gasteiger partial charge is 0.339 e. The molecule has 17 heavy (non-hydrogen) atoms. The lowest BCUT2D eigenvalue weighted by Crippen LogP contribution is -1.98. The predicted octanol–water partition coefficient (Wildman–Crippen LogP) is 4.26. The number of unbranched alkanes of at least 4 members (excludes halogenated alkanes) is 4. The van der Waals surface area contributed by atoms with Crippen molar-refractivity contribution in [3.8, 4) is 0 Å². The highest BCUT2D eigenvalue weighted by molar-refractivity contribution is 5.93. The molecule has 2 rings (SSSR count). The molecule has 0 aliphatic carbocycles. The van der Waals surface area contributed by atoms with Gasteiger partial charge in [-0.3, -0.25) is 0 Å². The highest BCUT2D eigenvalue weighted by Crippen LogP contribution is 2.33. The molecule has 0 saturated carbocycles. The van der Waals surface area contributed by atoms with Crippen molar-refractivity contribution < 1.29 is 9.53 Å². The van der Waals surface area contributed by atoms with Crippen molar-refractivity contribution in [1.82, 2.24) is 0 Å². The van der Waals surface area contributed by atoms with Crippen molar-refractivity contribution in [2.45, 2.75) is 51.6 Å². The first-order valence-electron chi connectivity index (χ1n) is 6.63. The molecule has 0 unspecified atom stereocenters. The van der Waals surface area contributed by atoms with Crippen molar-refractivity contribution >= 4 is 5.97 Å². The van der Waals surface area contributed by atoms with Gasteiger partial charge in [-0.1, -0.05) is 50.8 Å². The van der Waals surface area contributed by atoms with Gasteiger partial charge in [0.1, 0.15) is 6.10 Å². The second-order valence-corrected chi connectivity index (χ2v) is 4.68. The van der Waals surface area contributed by atoms with E-state index in [2.05, 4.69) is 6.92 Å². The van der Waals surface area contributed by atoms with Crippen LogP contribution in [0.3, 0.4) is 0 Å². The zero-order chi connectivity index (χ0) is 12.1. The van der Waals surface area contributed by atoms with Crippen LogP contribution in [0.2, 0.25) is 0 Å². The van der Waals surface area contributed by atoms with Gasteiger partial charge in [0.15, 0.2) is 0 Å². The van der Waals surface area contributed by atoms with E-state index in [4.69, 9.17) is 4.74 Å². The predicted molar refractivity (Wildman–Crippen MR) is 68.0 cm³/mol. The molecule has 2 nitrogen and oxygen atoms in total. The Morgan fingerprint density at radius 2 is 1.88 bits per heavy atom. The Labute approximate surface area is 103 Å². The molecular weight excluding hydrogens is 212 g/mol. The monoisotopic (exact) mass is 232 g/mol. The van der Waals surface area contributed by atoms with E-state index in [9.17, 15) is 4.79 Å². The molecule has 1 aliphatic heterocycles. The number of hydrogen-bond acceptors (Lipinski definition) is 2. The number of fused-ring (bicyclic) bond motifs is 1. The Balaban J connectivity index is 1.85. The number of cyclic esters (lactones) is 1. The molecular formula is C15H20O2. The maximum Gasteiger partial charge on any atom is 0.339 e. The fraction of sp³-hybridized carbons (Fsp3) is 0.533. The van der Waals surface area contributed by atoms with Crippen molar-refractivity contribution in [3.05, 3.63) is 35.4 Å². The summed E-state index contributed by atoms with van der Waals surface area (Å²) in [6, 6.07) is 7.74. The number of carbonyl (C=O) groups excluding carboxylic acids is 1. The Morgan fingerprint density at radius 1 is 1.12 bits per heavy atom. The van der Waals surface area contributed by atoms with E-state index < -0.39 is 0 Å². The van der Waals surface area contributed by atoms with Crippen LogP contribution >= 0.6 is 0 Å².